The summed E-state index contributed by atoms with van der Waals surface area (Å²) in [5.74, 6) is -3.73. The Morgan fingerprint density at radius 2 is 1.83 bits per heavy atom. The van der Waals surface area contributed by atoms with Crippen LogP contribution >= 0.6 is 0 Å². The molecule has 0 aromatic heterocycles. The van der Waals surface area contributed by atoms with Crippen molar-refractivity contribution < 1.29 is 13.2 Å². The quantitative estimate of drug-likeness (QED) is 0.762. The van der Waals surface area contributed by atoms with Crippen molar-refractivity contribution in [2.45, 2.75) is 32.7 Å². The first-order valence-corrected chi connectivity index (χ1v) is 5.90. The minimum atomic E-state index is -1.43. The maximum atomic E-state index is 13.7. The Morgan fingerprint density at radius 3 is 2.44 bits per heavy atom. The molecule has 0 aliphatic heterocycles. The van der Waals surface area contributed by atoms with E-state index in [0.717, 1.165) is 12.5 Å². The lowest BCUT2D eigenvalue weighted by atomic mass is 9.74. The molecule has 1 aliphatic rings. The largest absolute Gasteiger partial charge is 0.324 e. The molecule has 0 spiro atoms. The molecule has 0 bridgehead atoms. The minimum Gasteiger partial charge on any atom is -0.324 e. The van der Waals surface area contributed by atoms with Gasteiger partial charge in [-0.25, -0.2) is 13.2 Å². The molecule has 2 rings (SSSR count). The van der Waals surface area contributed by atoms with E-state index in [-0.39, 0.29) is 17.0 Å². The molecule has 0 saturated carbocycles. The Labute approximate surface area is 104 Å². The highest BCUT2D eigenvalue weighted by Gasteiger charge is 2.29. The number of hydrogen-bond donors (Lipinski definition) is 1. The molecule has 1 unspecified atom stereocenters. The van der Waals surface area contributed by atoms with E-state index in [1.807, 2.05) is 13.8 Å². The lowest BCUT2D eigenvalue weighted by Gasteiger charge is -2.33. The number of nitrogens with two attached hydrogens (primary N) is 1. The standard InChI is InChI=1S/C14H16F3N/c1-14(2)6-8(5-9(18)7-14)10-3-4-11(15)13(17)12(10)16/h3-5,9H,6-7,18H2,1-2H3. The van der Waals surface area contributed by atoms with Crippen molar-refractivity contribution in [2.75, 3.05) is 0 Å². The van der Waals surface area contributed by atoms with Gasteiger partial charge in [0.25, 0.3) is 0 Å². The van der Waals surface area contributed by atoms with Crippen LogP contribution in [0.5, 0.6) is 0 Å². The van der Waals surface area contributed by atoms with E-state index in [1.54, 1.807) is 6.08 Å². The van der Waals surface area contributed by atoms with Gasteiger partial charge in [-0.3, -0.25) is 0 Å². The van der Waals surface area contributed by atoms with Crippen LogP contribution in [-0.2, 0) is 0 Å². The molecule has 0 heterocycles. The van der Waals surface area contributed by atoms with Gasteiger partial charge in [0, 0.05) is 11.6 Å². The van der Waals surface area contributed by atoms with Crippen LogP contribution in [0, 0.1) is 22.9 Å². The third-order valence-corrected chi connectivity index (χ3v) is 3.25. The zero-order chi connectivity index (χ0) is 13.5. The van der Waals surface area contributed by atoms with E-state index >= 15 is 0 Å². The van der Waals surface area contributed by atoms with E-state index in [1.165, 1.54) is 6.07 Å². The molecule has 4 heteroatoms. The van der Waals surface area contributed by atoms with Crippen molar-refractivity contribution in [3.63, 3.8) is 0 Å². The molecule has 2 N–H and O–H groups in total. The maximum Gasteiger partial charge on any atom is 0.195 e. The van der Waals surface area contributed by atoms with Gasteiger partial charge in [0.2, 0.25) is 0 Å². The van der Waals surface area contributed by atoms with E-state index in [2.05, 4.69) is 0 Å². The molecule has 18 heavy (non-hydrogen) atoms. The summed E-state index contributed by atoms with van der Waals surface area (Å²) in [6.07, 6.45) is 3.13. The van der Waals surface area contributed by atoms with E-state index in [0.29, 0.717) is 12.0 Å². The predicted octanol–water partition coefficient (Wildman–Crippen LogP) is 3.63. The van der Waals surface area contributed by atoms with Crippen LogP contribution < -0.4 is 5.73 Å². The van der Waals surface area contributed by atoms with Gasteiger partial charge in [-0.05, 0) is 36.0 Å². The van der Waals surface area contributed by atoms with Crippen molar-refractivity contribution in [1.82, 2.24) is 0 Å². The van der Waals surface area contributed by atoms with Crippen molar-refractivity contribution >= 4 is 5.57 Å². The first kappa shape index (κ1) is 13.1. The van der Waals surface area contributed by atoms with Gasteiger partial charge in [-0.15, -0.1) is 0 Å². The van der Waals surface area contributed by atoms with E-state index in [9.17, 15) is 13.2 Å². The first-order chi connectivity index (χ1) is 8.30. The number of benzene rings is 1. The molecule has 0 saturated heterocycles. The average Bonchev–Trinajstić information content (AvgIpc) is 2.23. The summed E-state index contributed by atoms with van der Waals surface area (Å²) in [5.41, 5.74) is 6.58. The monoisotopic (exact) mass is 255 g/mol. The maximum absolute atomic E-state index is 13.7. The van der Waals surface area contributed by atoms with Gasteiger partial charge in [0.1, 0.15) is 0 Å². The Balaban J connectivity index is 2.47. The smallest absolute Gasteiger partial charge is 0.195 e. The summed E-state index contributed by atoms with van der Waals surface area (Å²) in [4.78, 5) is 0. The van der Waals surface area contributed by atoms with Crippen LogP contribution in [0.3, 0.4) is 0 Å². The lowest BCUT2D eigenvalue weighted by molar-refractivity contribution is 0.318. The zero-order valence-electron chi connectivity index (χ0n) is 10.4. The molecule has 0 amide bonds. The topological polar surface area (TPSA) is 26.0 Å². The molecule has 0 radical (unpaired) electrons. The third kappa shape index (κ3) is 2.43. The third-order valence-electron chi connectivity index (χ3n) is 3.25. The zero-order valence-corrected chi connectivity index (χ0v) is 10.4. The van der Waals surface area contributed by atoms with Crippen molar-refractivity contribution in [3.8, 4) is 0 Å². The van der Waals surface area contributed by atoms with Crippen molar-refractivity contribution in [3.05, 3.63) is 41.2 Å². The molecular weight excluding hydrogens is 239 g/mol. The fourth-order valence-corrected chi connectivity index (χ4v) is 2.56. The summed E-state index contributed by atoms with van der Waals surface area (Å²) in [7, 11) is 0. The van der Waals surface area contributed by atoms with Crippen LogP contribution in [0.15, 0.2) is 18.2 Å². The van der Waals surface area contributed by atoms with Gasteiger partial charge in [-0.1, -0.05) is 19.9 Å². The second-order valence-corrected chi connectivity index (χ2v) is 5.62. The van der Waals surface area contributed by atoms with Crippen LogP contribution in [-0.4, -0.2) is 6.04 Å². The summed E-state index contributed by atoms with van der Waals surface area (Å²) in [6, 6.07) is 2.03. The fraction of sp³-hybridized carbons (Fsp3) is 0.429. The number of allylic oxidation sites excluding steroid dienone is 1. The highest BCUT2D eigenvalue weighted by atomic mass is 19.2. The highest BCUT2D eigenvalue weighted by molar-refractivity contribution is 5.68. The summed E-state index contributed by atoms with van der Waals surface area (Å²) in [6.45, 7) is 4.05. The SMILES string of the molecule is CC1(C)CC(c2ccc(F)c(F)c2F)=CC(N)C1. The summed E-state index contributed by atoms with van der Waals surface area (Å²) < 4.78 is 39.9. The van der Waals surface area contributed by atoms with Crippen LogP contribution in [0.25, 0.3) is 5.57 Å². The lowest BCUT2D eigenvalue weighted by Crippen LogP contribution is -2.30. The van der Waals surface area contributed by atoms with Gasteiger partial charge >= 0.3 is 0 Å². The Bertz CT molecular complexity index is 506. The first-order valence-electron chi connectivity index (χ1n) is 5.90. The van der Waals surface area contributed by atoms with Gasteiger partial charge in [-0.2, -0.15) is 0 Å². The predicted molar refractivity (Wildman–Crippen MR) is 65.3 cm³/mol. The molecular formula is C14H16F3N. The van der Waals surface area contributed by atoms with Crippen LogP contribution in [0.4, 0.5) is 13.2 Å². The second kappa shape index (κ2) is 4.43. The highest BCUT2D eigenvalue weighted by Crippen LogP contribution is 2.40. The number of halogens is 3. The summed E-state index contributed by atoms with van der Waals surface area (Å²) >= 11 is 0. The fourth-order valence-electron chi connectivity index (χ4n) is 2.56. The molecule has 1 aromatic carbocycles. The van der Waals surface area contributed by atoms with E-state index in [4.69, 9.17) is 5.73 Å². The van der Waals surface area contributed by atoms with E-state index < -0.39 is 17.5 Å². The number of hydrogen-bond acceptors (Lipinski definition) is 1. The minimum absolute atomic E-state index is 0.0686. The molecule has 0 fully saturated rings. The van der Waals surface area contributed by atoms with Gasteiger partial charge in [0.05, 0.1) is 0 Å². The Morgan fingerprint density at radius 1 is 1.17 bits per heavy atom. The van der Waals surface area contributed by atoms with Gasteiger partial charge in [0.15, 0.2) is 17.5 Å². The normalized spacial score (nSPS) is 22.8. The second-order valence-electron chi connectivity index (χ2n) is 5.62. The average molecular weight is 255 g/mol. The van der Waals surface area contributed by atoms with Crippen molar-refractivity contribution in [2.24, 2.45) is 11.1 Å². The Kier molecular flexibility index (Phi) is 3.23. The Hall–Kier alpha value is -1.29. The molecule has 1 aliphatic carbocycles. The molecule has 1 atom stereocenters. The molecule has 1 aromatic rings. The van der Waals surface area contributed by atoms with Crippen molar-refractivity contribution in [1.29, 1.82) is 0 Å². The van der Waals surface area contributed by atoms with Gasteiger partial charge < -0.3 is 5.73 Å². The molecule has 1 nitrogen and oxygen atoms in total. The van der Waals surface area contributed by atoms with Crippen LogP contribution in [0.1, 0.15) is 32.3 Å². The van der Waals surface area contributed by atoms with Crippen LogP contribution in [0.2, 0.25) is 0 Å². The molecule has 98 valence electrons. The number of rotatable bonds is 1. The summed E-state index contributed by atoms with van der Waals surface area (Å²) in [5, 5.41) is 0.